The fraction of sp³-hybridized carbons (Fsp3) is 0.409. The Morgan fingerprint density at radius 1 is 1.07 bits per heavy atom. The third-order valence-electron chi connectivity index (χ3n) is 5.46. The Labute approximate surface area is 171 Å². The van der Waals surface area contributed by atoms with Gasteiger partial charge in [-0.1, -0.05) is 48.0 Å². The Morgan fingerprint density at radius 3 is 2.61 bits per heavy atom. The van der Waals surface area contributed by atoms with E-state index in [1.165, 1.54) is 22.3 Å². The van der Waals surface area contributed by atoms with E-state index in [4.69, 9.17) is 11.6 Å². The second-order valence-electron chi connectivity index (χ2n) is 8.48. The lowest BCUT2D eigenvalue weighted by atomic mass is 9.93. The van der Waals surface area contributed by atoms with Gasteiger partial charge in [-0.3, -0.25) is 4.90 Å². The van der Waals surface area contributed by atoms with Crippen LogP contribution < -0.4 is 0 Å². The van der Waals surface area contributed by atoms with Gasteiger partial charge >= 0.3 is 0 Å². The maximum atomic E-state index is 6.44. The van der Waals surface area contributed by atoms with Gasteiger partial charge in [0, 0.05) is 18.1 Å². The molecule has 146 valence electrons. The molecule has 1 aromatic heterocycles. The van der Waals surface area contributed by atoms with Crippen molar-refractivity contribution in [1.29, 1.82) is 0 Å². The van der Waals surface area contributed by atoms with Crippen LogP contribution in [0.5, 0.6) is 0 Å². The number of aryl methyl sites for hydroxylation is 1. The van der Waals surface area contributed by atoms with Gasteiger partial charge in [0.25, 0.3) is 0 Å². The van der Waals surface area contributed by atoms with Gasteiger partial charge in [-0.2, -0.15) is 0 Å². The molecule has 0 spiro atoms. The lowest BCUT2D eigenvalue weighted by molar-refractivity contribution is 0.185. The Bertz CT molecular complexity index is 989. The normalized spacial score (nSPS) is 16.0. The van der Waals surface area contributed by atoms with Crippen molar-refractivity contribution in [2.75, 3.05) is 6.54 Å². The number of hydrogen-bond donors (Lipinski definition) is 0. The molecule has 4 rings (SSSR count). The van der Waals surface area contributed by atoms with Crippen molar-refractivity contribution in [1.82, 2.24) is 25.1 Å². The van der Waals surface area contributed by atoms with E-state index in [9.17, 15) is 0 Å². The molecule has 1 unspecified atom stereocenters. The van der Waals surface area contributed by atoms with E-state index >= 15 is 0 Å². The summed E-state index contributed by atoms with van der Waals surface area (Å²) in [6.45, 7) is 10.3. The zero-order valence-corrected chi connectivity index (χ0v) is 17.6. The van der Waals surface area contributed by atoms with Crippen molar-refractivity contribution in [3.05, 3.63) is 75.6 Å². The number of nitrogens with zero attached hydrogens (tertiary/aromatic N) is 5. The number of aromatic nitrogens is 4. The van der Waals surface area contributed by atoms with Gasteiger partial charge < -0.3 is 0 Å². The molecular weight excluding hydrogens is 370 g/mol. The minimum absolute atomic E-state index is 0.0115. The number of halogens is 1. The summed E-state index contributed by atoms with van der Waals surface area (Å²) >= 11 is 6.44. The third-order valence-corrected chi connectivity index (χ3v) is 5.81. The van der Waals surface area contributed by atoms with Crippen LogP contribution in [0.15, 0.2) is 42.5 Å². The zero-order valence-electron chi connectivity index (χ0n) is 16.9. The second kappa shape index (κ2) is 7.30. The smallest absolute Gasteiger partial charge is 0.173 e. The third kappa shape index (κ3) is 3.45. The maximum Gasteiger partial charge on any atom is 0.173 e. The molecule has 0 saturated heterocycles. The van der Waals surface area contributed by atoms with Gasteiger partial charge in [0.2, 0.25) is 0 Å². The summed E-state index contributed by atoms with van der Waals surface area (Å²) in [4.78, 5) is 2.47. The molecule has 0 N–H and O–H groups in total. The first-order valence-electron chi connectivity index (χ1n) is 9.71. The highest BCUT2D eigenvalue weighted by molar-refractivity contribution is 6.31. The molecular formula is C22H26ClN5. The molecule has 3 aromatic rings. The van der Waals surface area contributed by atoms with Crippen molar-refractivity contribution >= 4 is 11.6 Å². The van der Waals surface area contributed by atoms with Crippen molar-refractivity contribution in [3.8, 4) is 0 Å². The highest BCUT2D eigenvalue weighted by atomic mass is 35.5. The molecule has 0 radical (unpaired) electrons. The van der Waals surface area contributed by atoms with Crippen molar-refractivity contribution in [2.24, 2.45) is 0 Å². The van der Waals surface area contributed by atoms with Gasteiger partial charge in [0.05, 0.1) is 11.6 Å². The van der Waals surface area contributed by atoms with Crippen molar-refractivity contribution in [2.45, 2.75) is 52.2 Å². The van der Waals surface area contributed by atoms with E-state index < -0.39 is 0 Å². The SMILES string of the molecule is Cc1ccccc1C(c1nnnn1C(C)(C)C)N1CCc2c(Cl)cccc2C1. The zero-order chi connectivity index (χ0) is 19.9. The predicted octanol–water partition coefficient (Wildman–Crippen LogP) is 4.54. The number of fused-ring (bicyclic) bond motifs is 1. The number of tetrazole rings is 1. The molecule has 0 amide bonds. The first kappa shape index (κ1) is 19.1. The summed E-state index contributed by atoms with van der Waals surface area (Å²) < 4.78 is 1.96. The van der Waals surface area contributed by atoms with Crippen LogP contribution in [0.2, 0.25) is 5.02 Å². The number of rotatable bonds is 3. The molecule has 1 atom stereocenters. The van der Waals surface area contributed by atoms with Gasteiger partial charge in [0.1, 0.15) is 0 Å². The first-order chi connectivity index (χ1) is 13.4. The van der Waals surface area contributed by atoms with Crippen molar-refractivity contribution in [3.63, 3.8) is 0 Å². The largest absolute Gasteiger partial charge is 0.285 e. The average Bonchev–Trinajstić information content (AvgIpc) is 3.14. The summed E-state index contributed by atoms with van der Waals surface area (Å²) in [6, 6.07) is 14.7. The van der Waals surface area contributed by atoms with Crippen LogP contribution in [0.4, 0.5) is 0 Å². The van der Waals surface area contributed by atoms with Gasteiger partial charge in [-0.15, -0.1) is 5.10 Å². The summed E-state index contributed by atoms with van der Waals surface area (Å²) in [5, 5.41) is 13.7. The Morgan fingerprint density at radius 2 is 1.86 bits per heavy atom. The Balaban J connectivity index is 1.82. The van der Waals surface area contributed by atoms with Crippen LogP contribution in [-0.4, -0.2) is 31.7 Å². The monoisotopic (exact) mass is 395 g/mol. The van der Waals surface area contributed by atoms with E-state index in [1.54, 1.807) is 0 Å². The van der Waals surface area contributed by atoms with Crippen LogP contribution in [0, 0.1) is 6.92 Å². The Hall–Kier alpha value is -2.24. The summed E-state index contributed by atoms with van der Waals surface area (Å²) in [7, 11) is 0. The number of hydrogen-bond acceptors (Lipinski definition) is 4. The van der Waals surface area contributed by atoms with Crippen LogP contribution in [-0.2, 0) is 18.5 Å². The summed E-state index contributed by atoms with van der Waals surface area (Å²) in [6.07, 6.45) is 0.925. The van der Waals surface area contributed by atoms with Crippen LogP contribution in [0.3, 0.4) is 0 Å². The van der Waals surface area contributed by atoms with Gasteiger partial charge in [0.15, 0.2) is 5.82 Å². The maximum absolute atomic E-state index is 6.44. The standard InChI is InChI=1S/C22H26ClN5/c1-15-8-5-6-10-17(15)20(21-24-25-26-28(21)22(2,3)4)27-13-12-18-16(14-27)9-7-11-19(18)23/h5-11,20H,12-14H2,1-4H3. The van der Waals surface area contributed by atoms with E-state index in [2.05, 4.69) is 78.5 Å². The molecule has 0 saturated carbocycles. The average molecular weight is 396 g/mol. The lowest BCUT2D eigenvalue weighted by Gasteiger charge is -2.37. The molecule has 0 fully saturated rings. The molecule has 2 aromatic carbocycles. The molecule has 0 bridgehead atoms. The minimum Gasteiger partial charge on any atom is -0.285 e. The number of benzene rings is 2. The fourth-order valence-electron chi connectivity index (χ4n) is 4.04. The molecule has 6 heteroatoms. The fourth-order valence-corrected chi connectivity index (χ4v) is 4.33. The molecule has 1 aliphatic rings. The summed E-state index contributed by atoms with van der Waals surface area (Å²) in [5.41, 5.74) is 4.84. The lowest BCUT2D eigenvalue weighted by Crippen LogP contribution is -2.38. The van der Waals surface area contributed by atoms with E-state index in [0.717, 1.165) is 30.4 Å². The van der Waals surface area contributed by atoms with Crippen molar-refractivity contribution < 1.29 is 0 Å². The van der Waals surface area contributed by atoms with Crippen LogP contribution in [0.1, 0.15) is 54.9 Å². The first-order valence-corrected chi connectivity index (χ1v) is 10.1. The molecule has 2 heterocycles. The summed E-state index contributed by atoms with van der Waals surface area (Å²) in [5.74, 6) is 0.882. The molecule has 1 aliphatic heterocycles. The second-order valence-corrected chi connectivity index (χ2v) is 8.88. The van der Waals surface area contributed by atoms with E-state index in [-0.39, 0.29) is 11.6 Å². The van der Waals surface area contributed by atoms with Gasteiger partial charge in [-0.25, -0.2) is 4.68 Å². The minimum atomic E-state index is -0.198. The van der Waals surface area contributed by atoms with Crippen LogP contribution in [0.25, 0.3) is 0 Å². The molecule has 5 nitrogen and oxygen atoms in total. The van der Waals surface area contributed by atoms with E-state index in [0.29, 0.717) is 0 Å². The quantitative estimate of drug-likeness (QED) is 0.653. The van der Waals surface area contributed by atoms with Crippen LogP contribution >= 0.6 is 11.6 Å². The Kier molecular flexibility index (Phi) is 4.98. The highest BCUT2D eigenvalue weighted by Gasteiger charge is 2.34. The predicted molar refractivity (Wildman–Crippen MR) is 111 cm³/mol. The molecule has 0 aliphatic carbocycles. The molecule has 28 heavy (non-hydrogen) atoms. The highest BCUT2D eigenvalue weighted by Crippen LogP contribution is 2.36. The van der Waals surface area contributed by atoms with E-state index in [1.807, 2.05) is 16.8 Å². The topological polar surface area (TPSA) is 46.8 Å². The van der Waals surface area contributed by atoms with Gasteiger partial charge in [-0.05, 0) is 72.9 Å².